The Morgan fingerprint density at radius 2 is 1.89 bits per heavy atom. The van der Waals surface area contributed by atoms with Crippen molar-refractivity contribution < 1.29 is 9.59 Å². The molecule has 96 valence electrons. The molecule has 0 amide bonds. The zero-order chi connectivity index (χ0) is 13.6. The first kappa shape index (κ1) is 12.2. The van der Waals surface area contributed by atoms with E-state index in [-0.39, 0.29) is 17.6 Å². The largest absolute Gasteiger partial charge is 0.332 e. The number of halogens is 1. The molecule has 1 aromatic heterocycles. The number of fused-ring (bicyclic) bond motifs is 1. The van der Waals surface area contributed by atoms with Crippen LogP contribution in [-0.2, 0) is 0 Å². The number of carbonyl (C=O) groups excluding carboxylic acids is 2. The first-order chi connectivity index (χ1) is 9.08. The summed E-state index contributed by atoms with van der Waals surface area (Å²) >= 11 is 5.82. The lowest BCUT2D eigenvalue weighted by Gasteiger charge is -2.10. The SMILES string of the molecule is C[C@H]1CC(=O)c2ccc(C(=O)c3ccc(Cl)cc3)n21. The number of hydrogen-bond donors (Lipinski definition) is 0. The summed E-state index contributed by atoms with van der Waals surface area (Å²) in [6, 6.07) is 10.3. The minimum absolute atomic E-state index is 0.0451. The quantitative estimate of drug-likeness (QED) is 0.786. The van der Waals surface area contributed by atoms with Gasteiger partial charge in [-0.05, 0) is 43.3 Å². The van der Waals surface area contributed by atoms with Crippen molar-refractivity contribution in [2.45, 2.75) is 19.4 Å². The zero-order valence-corrected chi connectivity index (χ0v) is 11.1. The van der Waals surface area contributed by atoms with Gasteiger partial charge in [0.05, 0.1) is 11.4 Å². The molecule has 0 unspecified atom stereocenters. The molecule has 19 heavy (non-hydrogen) atoms. The summed E-state index contributed by atoms with van der Waals surface area (Å²) in [4.78, 5) is 24.2. The fraction of sp³-hybridized carbons (Fsp3) is 0.200. The van der Waals surface area contributed by atoms with Crippen LogP contribution in [0.3, 0.4) is 0 Å². The molecule has 0 saturated carbocycles. The maximum absolute atomic E-state index is 12.5. The fourth-order valence-corrected chi connectivity index (χ4v) is 2.67. The van der Waals surface area contributed by atoms with Gasteiger partial charge in [-0.2, -0.15) is 0 Å². The molecule has 0 saturated heterocycles. The third kappa shape index (κ3) is 1.90. The molecular weight excluding hydrogens is 262 g/mol. The summed E-state index contributed by atoms with van der Waals surface area (Å²) in [6.45, 7) is 1.95. The number of aromatic nitrogens is 1. The summed E-state index contributed by atoms with van der Waals surface area (Å²) in [5.74, 6) is 0.0205. The highest BCUT2D eigenvalue weighted by molar-refractivity contribution is 6.30. The van der Waals surface area contributed by atoms with Crippen molar-refractivity contribution in [3.05, 3.63) is 58.4 Å². The van der Waals surface area contributed by atoms with Crippen LogP contribution >= 0.6 is 11.6 Å². The molecule has 0 radical (unpaired) electrons. The highest BCUT2D eigenvalue weighted by Gasteiger charge is 2.30. The first-order valence-electron chi connectivity index (χ1n) is 6.12. The van der Waals surface area contributed by atoms with E-state index in [0.717, 1.165) is 0 Å². The molecule has 1 aliphatic rings. The smallest absolute Gasteiger partial charge is 0.209 e. The van der Waals surface area contributed by atoms with Gasteiger partial charge >= 0.3 is 0 Å². The summed E-state index contributed by atoms with van der Waals surface area (Å²) < 4.78 is 1.83. The van der Waals surface area contributed by atoms with Gasteiger partial charge in [-0.3, -0.25) is 9.59 Å². The predicted octanol–water partition coefficient (Wildman–Crippen LogP) is 3.52. The van der Waals surface area contributed by atoms with Crippen LogP contribution in [0.15, 0.2) is 36.4 Å². The van der Waals surface area contributed by atoms with Crippen LogP contribution in [0.4, 0.5) is 0 Å². The summed E-state index contributed by atoms with van der Waals surface area (Å²) in [5.41, 5.74) is 1.78. The number of hydrogen-bond acceptors (Lipinski definition) is 2. The number of benzene rings is 1. The second-order valence-electron chi connectivity index (χ2n) is 4.79. The van der Waals surface area contributed by atoms with Gasteiger partial charge in [0.2, 0.25) is 5.78 Å². The van der Waals surface area contributed by atoms with Crippen molar-refractivity contribution in [1.29, 1.82) is 0 Å². The second kappa shape index (κ2) is 4.35. The lowest BCUT2D eigenvalue weighted by atomic mass is 10.1. The minimum atomic E-state index is -0.0792. The minimum Gasteiger partial charge on any atom is -0.332 e. The number of ketones is 2. The van der Waals surface area contributed by atoms with Crippen LogP contribution < -0.4 is 0 Å². The molecule has 2 heterocycles. The third-order valence-corrected chi connectivity index (χ3v) is 3.72. The molecule has 1 atom stereocenters. The van der Waals surface area contributed by atoms with Crippen molar-refractivity contribution in [1.82, 2.24) is 4.57 Å². The molecule has 0 N–H and O–H groups in total. The Labute approximate surface area is 115 Å². The van der Waals surface area contributed by atoms with E-state index in [1.807, 2.05) is 11.5 Å². The van der Waals surface area contributed by atoms with Gasteiger partial charge in [-0.15, -0.1) is 0 Å². The molecule has 1 aliphatic heterocycles. The second-order valence-corrected chi connectivity index (χ2v) is 5.22. The highest BCUT2D eigenvalue weighted by Crippen LogP contribution is 2.29. The molecule has 0 aliphatic carbocycles. The fourth-order valence-electron chi connectivity index (χ4n) is 2.55. The van der Waals surface area contributed by atoms with Gasteiger partial charge in [0, 0.05) is 23.0 Å². The lowest BCUT2D eigenvalue weighted by molar-refractivity contribution is 0.0988. The molecule has 4 heteroatoms. The van der Waals surface area contributed by atoms with Crippen LogP contribution in [0.2, 0.25) is 5.02 Å². The Bertz CT molecular complexity index is 670. The molecule has 0 spiro atoms. The van der Waals surface area contributed by atoms with E-state index in [4.69, 9.17) is 11.6 Å². The van der Waals surface area contributed by atoms with E-state index in [2.05, 4.69) is 0 Å². The normalized spacial score (nSPS) is 17.6. The molecule has 0 fully saturated rings. The maximum atomic E-state index is 12.5. The van der Waals surface area contributed by atoms with Crippen LogP contribution in [0.25, 0.3) is 0 Å². The van der Waals surface area contributed by atoms with E-state index in [1.165, 1.54) is 0 Å². The molecule has 3 rings (SSSR count). The van der Waals surface area contributed by atoms with E-state index < -0.39 is 0 Å². The number of Topliss-reactive ketones (excluding diaryl/α,β-unsaturated/α-hetero) is 1. The Balaban J connectivity index is 2.04. The predicted molar refractivity (Wildman–Crippen MR) is 73.0 cm³/mol. The van der Waals surface area contributed by atoms with E-state index in [0.29, 0.717) is 28.4 Å². The maximum Gasteiger partial charge on any atom is 0.209 e. The van der Waals surface area contributed by atoms with Crippen molar-refractivity contribution in [3.8, 4) is 0 Å². The Morgan fingerprint density at radius 3 is 2.58 bits per heavy atom. The lowest BCUT2D eigenvalue weighted by Crippen LogP contribution is -2.11. The van der Waals surface area contributed by atoms with Crippen LogP contribution in [-0.4, -0.2) is 16.1 Å². The molecule has 2 aromatic rings. The number of nitrogens with zero attached hydrogens (tertiary/aromatic N) is 1. The van der Waals surface area contributed by atoms with E-state index in [1.54, 1.807) is 36.4 Å². The van der Waals surface area contributed by atoms with Gasteiger partial charge in [0.15, 0.2) is 5.78 Å². The van der Waals surface area contributed by atoms with E-state index >= 15 is 0 Å². The highest BCUT2D eigenvalue weighted by atomic mass is 35.5. The average molecular weight is 274 g/mol. The topological polar surface area (TPSA) is 39.1 Å². The van der Waals surface area contributed by atoms with Crippen molar-refractivity contribution in [2.75, 3.05) is 0 Å². The molecule has 3 nitrogen and oxygen atoms in total. The van der Waals surface area contributed by atoms with Crippen molar-refractivity contribution in [3.63, 3.8) is 0 Å². The molecule has 1 aromatic carbocycles. The molecular formula is C15H12ClNO2. The van der Waals surface area contributed by atoms with Gasteiger partial charge in [-0.25, -0.2) is 0 Å². The summed E-state index contributed by atoms with van der Waals surface area (Å²) in [5, 5.41) is 0.598. The number of carbonyl (C=O) groups is 2. The first-order valence-corrected chi connectivity index (χ1v) is 6.50. The van der Waals surface area contributed by atoms with E-state index in [9.17, 15) is 9.59 Å². The number of rotatable bonds is 2. The van der Waals surface area contributed by atoms with Crippen LogP contribution in [0, 0.1) is 0 Å². The van der Waals surface area contributed by atoms with Crippen LogP contribution in [0.1, 0.15) is 45.9 Å². The Kier molecular flexibility index (Phi) is 2.79. The Morgan fingerprint density at radius 1 is 1.21 bits per heavy atom. The van der Waals surface area contributed by atoms with Gasteiger partial charge in [0.1, 0.15) is 0 Å². The van der Waals surface area contributed by atoms with Gasteiger partial charge < -0.3 is 4.57 Å². The standard InChI is InChI=1S/C15H12ClNO2/c1-9-8-14(18)12-6-7-13(17(9)12)15(19)10-2-4-11(16)5-3-10/h2-7,9H,8H2,1H3/t9-/m0/s1. The summed E-state index contributed by atoms with van der Waals surface area (Å²) in [6.07, 6.45) is 0.469. The average Bonchev–Trinajstić information content (AvgIpc) is 2.93. The monoisotopic (exact) mass is 273 g/mol. The third-order valence-electron chi connectivity index (χ3n) is 3.46. The van der Waals surface area contributed by atoms with Gasteiger partial charge in [0.25, 0.3) is 0 Å². The van der Waals surface area contributed by atoms with Gasteiger partial charge in [-0.1, -0.05) is 11.6 Å². The van der Waals surface area contributed by atoms with Crippen molar-refractivity contribution in [2.24, 2.45) is 0 Å². The van der Waals surface area contributed by atoms with Crippen LogP contribution in [0.5, 0.6) is 0 Å². The Hall–Kier alpha value is -1.87. The zero-order valence-electron chi connectivity index (χ0n) is 10.4. The molecule has 0 bridgehead atoms. The van der Waals surface area contributed by atoms with Crippen molar-refractivity contribution >= 4 is 23.2 Å². The summed E-state index contributed by atoms with van der Waals surface area (Å²) in [7, 11) is 0.